The number of hydrogen-bond acceptors (Lipinski definition) is 3. The Morgan fingerprint density at radius 2 is 2.00 bits per heavy atom. The van der Waals surface area contributed by atoms with Crippen molar-refractivity contribution in [2.75, 3.05) is 0 Å². The van der Waals surface area contributed by atoms with Crippen molar-refractivity contribution in [2.45, 2.75) is 44.6 Å². The van der Waals surface area contributed by atoms with Gasteiger partial charge in [-0.1, -0.05) is 37.0 Å². The van der Waals surface area contributed by atoms with Crippen molar-refractivity contribution in [2.24, 2.45) is 0 Å². The van der Waals surface area contributed by atoms with Gasteiger partial charge in [0.2, 0.25) is 0 Å². The lowest BCUT2D eigenvalue weighted by Crippen LogP contribution is -2.18. The molecule has 0 amide bonds. The Kier molecular flexibility index (Phi) is 9.01. The number of aliphatic hydroxyl groups is 1. The van der Waals surface area contributed by atoms with E-state index >= 15 is 0 Å². The minimum absolute atomic E-state index is 0.318. The number of carboxylic acid groups (broad SMARTS) is 1. The van der Waals surface area contributed by atoms with Crippen LogP contribution in [0.15, 0.2) is 35.0 Å². The Hall–Kier alpha value is -2.43. The lowest BCUT2D eigenvalue weighted by Gasteiger charge is -2.03. The number of aliphatic hydroxyl groups excluding tert-OH is 1. The molecule has 0 aromatic carbocycles. The summed E-state index contributed by atoms with van der Waals surface area (Å²) < 4.78 is 5.06. The summed E-state index contributed by atoms with van der Waals surface area (Å²) >= 11 is 0. The molecule has 0 bridgehead atoms. The van der Waals surface area contributed by atoms with Gasteiger partial charge in [0.25, 0.3) is 0 Å². The minimum Gasteiger partial charge on any atom is -0.479 e. The first-order valence-electron chi connectivity index (χ1n) is 7.29. The highest BCUT2D eigenvalue weighted by atomic mass is 16.4. The Bertz CT molecular complexity index is 576. The van der Waals surface area contributed by atoms with Crippen LogP contribution in [0.2, 0.25) is 0 Å². The van der Waals surface area contributed by atoms with Crippen LogP contribution < -0.4 is 0 Å². The summed E-state index contributed by atoms with van der Waals surface area (Å²) in [6.07, 6.45) is 8.46. The van der Waals surface area contributed by atoms with Gasteiger partial charge in [-0.15, -0.1) is 0 Å². The SMILES string of the molecule is O=C(O)C(O)CCCCCCC#C/C=C\C#Cc1ccco1. The van der Waals surface area contributed by atoms with Crippen LogP contribution in [0.4, 0.5) is 0 Å². The fourth-order valence-electron chi connectivity index (χ4n) is 1.71. The van der Waals surface area contributed by atoms with Crippen LogP contribution in [0.5, 0.6) is 0 Å². The molecular formula is C18H20O4. The summed E-state index contributed by atoms with van der Waals surface area (Å²) in [4.78, 5) is 10.4. The van der Waals surface area contributed by atoms with Crippen LogP contribution in [0.25, 0.3) is 0 Å². The zero-order valence-corrected chi connectivity index (χ0v) is 12.4. The first-order valence-corrected chi connectivity index (χ1v) is 7.29. The summed E-state index contributed by atoms with van der Waals surface area (Å²) in [5.41, 5.74) is 0. The second kappa shape index (κ2) is 11.3. The van der Waals surface area contributed by atoms with Gasteiger partial charge in [0.15, 0.2) is 11.9 Å². The molecule has 0 saturated carbocycles. The molecule has 2 N–H and O–H groups in total. The highest BCUT2D eigenvalue weighted by Gasteiger charge is 2.11. The van der Waals surface area contributed by atoms with Gasteiger partial charge in [0, 0.05) is 6.42 Å². The molecule has 0 fully saturated rings. The number of allylic oxidation sites excluding steroid dienone is 2. The highest BCUT2D eigenvalue weighted by molar-refractivity contribution is 5.71. The Balaban J connectivity index is 2.02. The standard InChI is InChI=1S/C18H20O4/c19-17(18(20)21)14-10-8-6-4-2-1-3-5-7-9-12-16-13-11-15-22-16/h5,7,11,13,15,17,19H,2,4,6,8,10,14H2,(H,20,21)/b7-5-. The van der Waals surface area contributed by atoms with E-state index in [1.807, 2.05) is 0 Å². The van der Waals surface area contributed by atoms with E-state index in [4.69, 9.17) is 14.6 Å². The Morgan fingerprint density at radius 1 is 1.23 bits per heavy atom. The fourth-order valence-corrected chi connectivity index (χ4v) is 1.71. The van der Waals surface area contributed by atoms with Crippen LogP contribution in [-0.4, -0.2) is 22.3 Å². The molecule has 4 heteroatoms. The molecular weight excluding hydrogens is 280 g/mol. The molecule has 116 valence electrons. The minimum atomic E-state index is -1.23. The van der Waals surface area contributed by atoms with Crippen molar-refractivity contribution < 1.29 is 19.4 Å². The molecule has 0 saturated heterocycles. The number of hydrogen-bond donors (Lipinski definition) is 2. The third-order valence-corrected chi connectivity index (χ3v) is 2.88. The normalized spacial score (nSPS) is 11.3. The smallest absolute Gasteiger partial charge is 0.332 e. The molecule has 4 nitrogen and oxygen atoms in total. The van der Waals surface area contributed by atoms with E-state index in [9.17, 15) is 4.79 Å². The molecule has 1 rings (SSSR count). The van der Waals surface area contributed by atoms with E-state index in [1.54, 1.807) is 30.5 Å². The molecule has 1 unspecified atom stereocenters. The molecule has 22 heavy (non-hydrogen) atoms. The van der Waals surface area contributed by atoms with Gasteiger partial charge < -0.3 is 14.6 Å². The zero-order valence-electron chi connectivity index (χ0n) is 12.4. The van der Waals surface area contributed by atoms with Gasteiger partial charge in [0.05, 0.1) is 6.26 Å². The topological polar surface area (TPSA) is 70.7 Å². The van der Waals surface area contributed by atoms with Crippen molar-refractivity contribution >= 4 is 5.97 Å². The van der Waals surface area contributed by atoms with Gasteiger partial charge in [-0.2, -0.15) is 0 Å². The van der Waals surface area contributed by atoms with Crippen molar-refractivity contribution in [3.8, 4) is 23.7 Å². The Labute approximate surface area is 130 Å². The van der Waals surface area contributed by atoms with Gasteiger partial charge in [-0.3, -0.25) is 0 Å². The lowest BCUT2D eigenvalue weighted by atomic mass is 10.1. The van der Waals surface area contributed by atoms with E-state index in [1.165, 1.54) is 0 Å². The van der Waals surface area contributed by atoms with Gasteiger partial charge in [-0.05, 0) is 43.0 Å². The van der Waals surface area contributed by atoms with E-state index in [2.05, 4.69) is 23.7 Å². The predicted octanol–water partition coefficient (Wildman–Crippen LogP) is 2.98. The molecule has 0 spiro atoms. The largest absolute Gasteiger partial charge is 0.479 e. The van der Waals surface area contributed by atoms with Gasteiger partial charge in [0.1, 0.15) is 0 Å². The maximum Gasteiger partial charge on any atom is 0.332 e. The summed E-state index contributed by atoms with van der Waals surface area (Å²) in [7, 11) is 0. The lowest BCUT2D eigenvalue weighted by molar-refractivity contribution is -0.146. The van der Waals surface area contributed by atoms with Crippen LogP contribution >= 0.6 is 0 Å². The first-order chi connectivity index (χ1) is 10.7. The predicted molar refractivity (Wildman–Crippen MR) is 83.8 cm³/mol. The van der Waals surface area contributed by atoms with Gasteiger partial charge in [-0.25, -0.2) is 4.79 Å². The second-order valence-electron chi connectivity index (χ2n) is 4.71. The van der Waals surface area contributed by atoms with Crippen LogP contribution in [0.1, 0.15) is 44.3 Å². The highest BCUT2D eigenvalue weighted by Crippen LogP contribution is 2.07. The maximum atomic E-state index is 10.4. The van der Waals surface area contributed by atoms with Crippen molar-refractivity contribution in [3.05, 3.63) is 36.3 Å². The van der Waals surface area contributed by atoms with Crippen molar-refractivity contribution in [3.63, 3.8) is 0 Å². The molecule has 1 atom stereocenters. The van der Waals surface area contributed by atoms with Crippen LogP contribution in [0, 0.1) is 23.7 Å². The van der Waals surface area contributed by atoms with E-state index in [-0.39, 0.29) is 0 Å². The third-order valence-electron chi connectivity index (χ3n) is 2.88. The second-order valence-corrected chi connectivity index (χ2v) is 4.71. The molecule has 0 aliphatic rings. The van der Waals surface area contributed by atoms with Gasteiger partial charge >= 0.3 is 5.97 Å². The molecule has 0 radical (unpaired) electrons. The summed E-state index contributed by atoms with van der Waals surface area (Å²) in [5.74, 6) is 11.1. The molecule has 1 aromatic heterocycles. The van der Waals surface area contributed by atoms with Crippen molar-refractivity contribution in [1.29, 1.82) is 0 Å². The summed E-state index contributed by atoms with van der Waals surface area (Å²) in [6.45, 7) is 0. The number of unbranched alkanes of at least 4 members (excludes halogenated alkanes) is 4. The molecule has 0 aliphatic carbocycles. The number of carbonyl (C=O) groups is 1. The van der Waals surface area contributed by atoms with Crippen LogP contribution in [-0.2, 0) is 4.79 Å². The monoisotopic (exact) mass is 300 g/mol. The summed E-state index contributed by atoms with van der Waals surface area (Å²) in [5, 5.41) is 17.6. The quantitative estimate of drug-likeness (QED) is 0.600. The van der Waals surface area contributed by atoms with Crippen LogP contribution in [0.3, 0.4) is 0 Å². The molecule has 1 heterocycles. The third kappa shape index (κ3) is 8.68. The number of carboxylic acids is 1. The van der Waals surface area contributed by atoms with E-state index < -0.39 is 12.1 Å². The molecule has 0 aliphatic heterocycles. The fraction of sp³-hybridized carbons (Fsp3) is 0.389. The Morgan fingerprint density at radius 3 is 2.73 bits per heavy atom. The van der Waals surface area contributed by atoms with Crippen molar-refractivity contribution in [1.82, 2.24) is 0 Å². The maximum absolute atomic E-state index is 10.4. The van der Waals surface area contributed by atoms with E-state index in [0.717, 1.165) is 32.1 Å². The number of furan rings is 1. The molecule has 1 aromatic rings. The average Bonchev–Trinajstić information content (AvgIpc) is 3.01. The average molecular weight is 300 g/mol. The van der Waals surface area contributed by atoms with E-state index in [0.29, 0.717) is 12.2 Å². The number of rotatable bonds is 7. The first kappa shape index (κ1) is 17.6. The summed E-state index contributed by atoms with van der Waals surface area (Å²) in [6, 6.07) is 3.58. The number of aliphatic carboxylic acids is 1. The zero-order chi connectivity index (χ0) is 16.0.